The number of alkyl halides is 1. The zero-order valence-electron chi connectivity index (χ0n) is 7.00. The van der Waals surface area contributed by atoms with Crippen LogP contribution in [0.2, 0.25) is 0 Å². The second-order valence-corrected chi connectivity index (χ2v) is 4.10. The topological polar surface area (TPSA) is 29.5 Å². The van der Waals surface area contributed by atoms with Crippen molar-refractivity contribution in [2.24, 2.45) is 0 Å². The molecule has 3 saturated heterocycles. The van der Waals surface area contributed by atoms with Gasteiger partial charge in [0.05, 0.1) is 25.3 Å². The fourth-order valence-corrected chi connectivity index (χ4v) is 2.02. The van der Waals surface area contributed by atoms with E-state index in [1.165, 1.54) is 0 Å². The third-order valence-electron chi connectivity index (χ3n) is 2.55. The van der Waals surface area contributed by atoms with Gasteiger partial charge in [0.15, 0.2) is 0 Å². The smallest absolute Gasteiger partial charge is 0.240 e. The van der Waals surface area contributed by atoms with Gasteiger partial charge in [0.25, 0.3) is 0 Å². The highest BCUT2D eigenvalue weighted by molar-refractivity contribution is 6.30. The van der Waals surface area contributed by atoms with Gasteiger partial charge in [0.1, 0.15) is 5.38 Å². The Morgan fingerprint density at radius 1 is 1.58 bits per heavy atom. The molecule has 3 aliphatic heterocycles. The van der Waals surface area contributed by atoms with Crippen LogP contribution in [0.3, 0.4) is 0 Å². The Morgan fingerprint density at radius 2 is 2.17 bits per heavy atom. The summed E-state index contributed by atoms with van der Waals surface area (Å²) in [4.78, 5) is 13.4. The number of halogens is 1. The van der Waals surface area contributed by atoms with Gasteiger partial charge in [-0.15, -0.1) is 11.6 Å². The fraction of sp³-hybridized carbons (Fsp3) is 0.875. The highest BCUT2D eigenvalue weighted by Crippen LogP contribution is 2.31. The lowest BCUT2D eigenvalue weighted by atomic mass is 9.91. The molecule has 3 aliphatic rings. The molecular weight excluding hydrogens is 178 g/mol. The number of hydrogen-bond donors (Lipinski definition) is 0. The Morgan fingerprint density at radius 3 is 2.58 bits per heavy atom. The number of carbonyl (C=O) groups excluding carboxylic acids is 1. The number of amides is 1. The quantitative estimate of drug-likeness (QED) is 0.566. The Labute approximate surface area is 76.6 Å². The molecule has 0 aromatic carbocycles. The molecule has 12 heavy (non-hydrogen) atoms. The van der Waals surface area contributed by atoms with E-state index < -0.39 is 5.38 Å². The first-order chi connectivity index (χ1) is 5.70. The molecule has 0 aliphatic carbocycles. The number of fused-ring (bicyclic) bond motifs is 2. The summed E-state index contributed by atoms with van der Waals surface area (Å²) in [7, 11) is 0. The van der Waals surface area contributed by atoms with Crippen molar-refractivity contribution >= 4 is 17.5 Å². The van der Waals surface area contributed by atoms with Crippen molar-refractivity contribution in [1.82, 2.24) is 4.90 Å². The predicted molar refractivity (Wildman–Crippen MR) is 45.2 cm³/mol. The van der Waals surface area contributed by atoms with Crippen LogP contribution in [0.25, 0.3) is 0 Å². The van der Waals surface area contributed by atoms with E-state index in [4.69, 9.17) is 16.3 Å². The van der Waals surface area contributed by atoms with Crippen molar-refractivity contribution < 1.29 is 9.53 Å². The van der Waals surface area contributed by atoms with Crippen LogP contribution in [-0.2, 0) is 9.53 Å². The van der Waals surface area contributed by atoms with Crippen molar-refractivity contribution in [1.29, 1.82) is 0 Å². The summed E-state index contributed by atoms with van der Waals surface area (Å²) in [6.07, 6.45) is 1.09. The lowest BCUT2D eigenvalue weighted by Crippen LogP contribution is -2.66. The molecule has 0 aromatic rings. The molecule has 0 unspecified atom stereocenters. The molecule has 0 saturated carbocycles. The average molecular weight is 190 g/mol. The zero-order chi connectivity index (χ0) is 8.72. The van der Waals surface area contributed by atoms with Crippen LogP contribution in [0, 0.1) is 0 Å². The molecule has 3 rings (SSSR count). The van der Waals surface area contributed by atoms with E-state index in [1.54, 1.807) is 6.92 Å². The lowest BCUT2D eigenvalue weighted by Gasteiger charge is -2.52. The van der Waals surface area contributed by atoms with Crippen molar-refractivity contribution in [3.8, 4) is 0 Å². The van der Waals surface area contributed by atoms with Crippen molar-refractivity contribution in [3.05, 3.63) is 0 Å². The van der Waals surface area contributed by atoms with E-state index in [0.717, 1.165) is 6.42 Å². The molecule has 4 heteroatoms. The van der Waals surface area contributed by atoms with Crippen LogP contribution in [-0.4, -0.2) is 41.5 Å². The summed E-state index contributed by atoms with van der Waals surface area (Å²) in [6.45, 7) is 3.09. The number of nitrogens with zero attached hydrogens (tertiary/aromatic N) is 1. The minimum absolute atomic E-state index is 0.0567. The molecule has 0 aromatic heterocycles. The summed E-state index contributed by atoms with van der Waals surface area (Å²) in [6, 6.07) is 0.606. The van der Waals surface area contributed by atoms with Gasteiger partial charge in [-0.25, -0.2) is 0 Å². The van der Waals surface area contributed by atoms with E-state index in [0.29, 0.717) is 25.3 Å². The lowest BCUT2D eigenvalue weighted by molar-refractivity contribution is -0.166. The second-order valence-electron chi connectivity index (χ2n) is 3.44. The maximum absolute atomic E-state index is 11.5. The first kappa shape index (κ1) is 8.32. The van der Waals surface area contributed by atoms with Gasteiger partial charge in [-0.3, -0.25) is 4.79 Å². The van der Waals surface area contributed by atoms with Gasteiger partial charge < -0.3 is 9.64 Å². The standard InChI is InChI=1S/C8H12ClNO2/c1-5(9)8(11)10-6-2-7(10)4-12-3-6/h5-7H,2-4H2,1H3/t5-,6-,7-/m1/s1. The van der Waals surface area contributed by atoms with E-state index in [1.807, 2.05) is 4.90 Å². The van der Waals surface area contributed by atoms with E-state index >= 15 is 0 Å². The molecule has 2 bridgehead atoms. The summed E-state index contributed by atoms with van der Waals surface area (Å²) >= 11 is 5.72. The van der Waals surface area contributed by atoms with Gasteiger partial charge in [0.2, 0.25) is 5.91 Å². The van der Waals surface area contributed by atoms with E-state index in [-0.39, 0.29) is 5.91 Å². The summed E-state index contributed by atoms with van der Waals surface area (Å²) in [5, 5.41) is -0.395. The van der Waals surface area contributed by atoms with Gasteiger partial charge in [-0.05, 0) is 13.3 Å². The molecular formula is C8H12ClNO2. The third kappa shape index (κ3) is 1.12. The van der Waals surface area contributed by atoms with Gasteiger partial charge in [0, 0.05) is 0 Å². The van der Waals surface area contributed by atoms with Gasteiger partial charge in [-0.2, -0.15) is 0 Å². The molecule has 1 amide bonds. The Kier molecular flexibility index (Phi) is 2.00. The molecule has 3 atom stereocenters. The Hall–Kier alpha value is -0.280. The Bertz CT molecular complexity index is 193. The fourth-order valence-electron chi connectivity index (χ4n) is 1.90. The summed E-state index contributed by atoms with van der Waals surface area (Å²) < 4.78 is 5.25. The average Bonchev–Trinajstić information content (AvgIpc) is 2.05. The first-order valence-electron chi connectivity index (χ1n) is 4.24. The normalized spacial score (nSPS) is 35.7. The van der Waals surface area contributed by atoms with Crippen LogP contribution in [0.4, 0.5) is 0 Å². The van der Waals surface area contributed by atoms with Crippen LogP contribution in [0.1, 0.15) is 13.3 Å². The van der Waals surface area contributed by atoms with Gasteiger partial charge in [-0.1, -0.05) is 0 Å². The molecule has 3 heterocycles. The minimum Gasteiger partial charge on any atom is -0.377 e. The van der Waals surface area contributed by atoms with Crippen LogP contribution >= 0.6 is 11.6 Å². The maximum Gasteiger partial charge on any atom is 0.240 e. The van der Waals surface area contributed by atoms with Crippen molar-refractivity contribution in [2.45, 2.75) is 30.8 Å². The van der Waals surface area contributed by atoms with Crippen molar-refractivity contribution in [2.75, 3.05) is 13.2 Å². The van der Waals surface area contributed by atoms with Crippen LogP contribution < -0.4 is 0 Å². The number of rotatable bonds is 1. The number of hydrogen-bond acceptors (Lipinski definition) is 2. The molecule has 3 fully saturated rings. The zero-order valence-corrected chi connectivity index (χ0v) is 7.75. The second kappa shape index (κ2) is 2.89. The molecule has 3 nitrogen and oxygen atoms in total. The van der Waals surface area contributed by atoms with Crippen LogP contribution in [0.15, 0.2) is 0 Å². The molecule has 0 N–H and O–H groups in total. The predicted octanol–water partition coefficient (Wildman–Crippen LogP) is 0.613. The summed E-state index contributed by atoms with van der Waals surface area (Å²) in [5.41, 5.74) is 0. The largest absolute Gasteiger partial charge is 0.377 e. The maximum atomic E-state index is 11.5. The Balaban J connectivity index is 2.01. The SMILES string of the molecule is C[C@@H](Cl)C(=O)N1[C@H]2COC[C@H]1C2. The van der Waals surface area contributed by atoms with Crippen molar-refractivity contribution in [3.63, 3.8) is 0 Å². The number of ether oxygens (including phenoxy) is 1. The number of morpholine rings is 1. The molecule has 0 spiro atoms. The van der Waals surface area contributed by atoms with Gasteiger partial charge >= 0.3 is 0 Å². The molecule has 0 radical (unpaired) electrons. The minimum atomic E-state index is -0.395. The summed E-state index contributed by atoms with van der Waals surface area (Å²) in [5.74, 6) is 0.0567. The molecule has 68 valence electrons. The first-order valence-corrected chi connectivity index (χ1v) is 4.68. The highest BCUT2D eigenvalue weighted by atomic mass is 35.5. The highest BCUT2D eigenvalue weighted by Gasteiger charge is 2.45. The van der Waals surface area contributed by atoms with E-state index in [9.17, 15) is 4.79 Å². The number of carbonyl (C=O) groups is 1. The third-order valence-corrected chi connectivity index (χ3v) is 2.73. The van der Waals surface area contributed by atoms with E-state index in [2.05, 4.69) is 0 Å². The van der Waals surface area contributed by atoms with Crippen LogP contribution in [0.5, 0.6) is 0 Å². The monoisotopic (exact) mass is 189 g/mol.